The van der Waals surface area contributed by atoms with Gasteiger partial charge in [0.1, 0.15) is 5.71 Å². The van der Waals surface area contributed by atoms with Gasteiger partial charge in [-0.2, -0.15) is 10.2 Å². The Kier molecular flexibility index (Phi) is 1.99. The Balaban J connectivity index is 2.12. The molecule has 2 heterocycles. The third-order valence-corrected chi connectivity index (χ3v) is 1.80. The van der Waals surface area contributed by atoms with E-state index in [1.807, 2.05) is 0 Å². The molecule has 0 spiro atoms. The van der Waals surface area contributed by atoms with Crippen LogP contribution in [0.1, 0.15) is 6.42 Å². The van der Waals surface area contributed by atoms with Crippen LogP contribution in [0.5, 0.6) is 0 Å². The van der Waals surface area contributed by atoms with Crippen LogP contribution in [0.15, 0.2) is 32.1 Å². The molecule has 0 N–H and O–H groups in total. The van der Waals surface area contributed by atoms with E-state index in [0.29, 0.717) is 6.61 Å². The summed E-state index contributed by atoms with van der Waals surface area (Å²) in [7, 11) is 0. The summed E-state index contributed by atoms with van der Waals surface area (Å²) < 4.78 is 0. The van der Waals surface area contributed by atoms with Gasteiger partial charge in [-0.3, -0.25) is 4.99 Å². The molecule has 0 saturated heterocycles. The molecule has 0 radical (unpaired) electrons. The Hall–Kier alpha value is -1.78. The summed E-state index contributed by atoms with van der Waals surface area (Å²) >= 11 is 0. The van der Waals surface area contributed by atoms with E-state index in [9.17, 15) is 0 Å². The number of nitrogens with zero attached hydrogens (tertiary/aromatic N) is 4. The van der Waals surface area contributed by atoms with Gasteiger partial charge in [-0.1, -0.05) is 0 Å². The smallest absolute Gasteiger partial charge is 0.161 e. The van der Waals surface area contributed by atoms with Crippen molar-refractivity contribution < 1.29 is 4.84 Å². The van der Waals surface area contributed by atoms with Crippen molar-refractivity contribution in [1.29, 1.82) is 0 Å². The first kappa shape index (κ1) is 7.85. The SMILES string of the molecule is C=NOCC1=NN=C2CC=NC=C21. The maximum Gasteiger partial charge on any atom is 0.161 e. The van der Waals surface area contributed by atoms with Gasteiger partial charge in [0.05, 0.1) is 5.71 Å². The van der Waals surface area contributed by atoms with Gasteiger partial charge in [0.15, 0.2) is 6.61 Å². The van der Waals surface area contributed by atoms with E-state index >= 15 is 0 Å². The van der Waals surface area contributed by atoms with E-state index in [4.69, 9.17) is 4.84 Å². The molecule has 0 unspecified atom stereocenters. The molecule has 0 saturated carbocycles. The molecular formula is C8H8N4O. The lowest BCUT2D eigenvalue weighted by Gasteiger charge is -2.05. The predicted octanol–water partition coefficient (Wildman–Crippen LogP) is 0.788. The third kappa shape index (κ3) is 1.40. The van der Waals surface area contributed by atoms with E-state index in [1.54, 1.807) is 12.4 Å². The first-order valence-electron chi connectivity index (χ1n) is 3.86. The van der Waals surface area contributed by atoms with Crippen LogP contribution in [0.25, 0.3) is 0 Å². The average molecular weight is 176 g/mol. The Morgan fingerprint density at radius 3 is 3.31 bits per heavy atom. The topological polar surface area (TPSA) is 58.7 Å². The van der Waals surface area contributed by atoms with Crippen LogP contribution in [0, 0.1) is 0 Å². The molecular weight excluding hydrogens is 168 g/mol. The summed E-state index contributed by atoms with van der Waals surface area (Å²) in [6.07, 6.45) is 4.27. The van der Waals surface area contributed by atoms with Crippen molar-refractivity contribution in [2.75, 3.05) is 6.61 Å². The van der Waals surface area contributed by atoms with E-state index in [0.717, 1.165) is 23.4 Å². The number of oxime groups is 1. The Labute approximate surface area is 75.2 Å². The fourth-order valence-corrected chi connectivity index (χ4v) is 1.17. The van der Waals surface area contributed by atoms with E-state index in [1.165, 1.54) is 0 Å². The molecule has 66 valence electrons. The van der Waals surface area contributed by atoms with Crippen LogP contribution in [0.4, 0.5) is 0 Å². The standard InChI is InChI=1S/C8H8N4O/c1-9-13-5-8-6-4-10-3-2-7(6)11-12-8/h3-4H,1-2,5H2. The van der Waals surface area contributed by atoms with E-state index in [-0.39, 0.29) is 0 Å². The maximum absolute atomic E-state index is 4.78. The highest BCUT2D eigenvalue weighted by atomic mass is 16.6. The molecule has 0 aromatic heterocycles. The quantitative estimate of drug-likeness (QED) is 0.463. The molecule has 0 aliphatic carbocycles. The number of hydrogen-bond donors (Lipinski definition) is 0. The van der Waals surface area contributed by atoms with Crippen molar-refractivity contribution in [3.63, 3.8) is 0 Å². The van der Waals surface area contributed by atoms with Gasteiger partial charge in [0.2, 0.25) is 0 Å². The minimum absolute atomic E-state index is 0.303. The van der Waals surface area contributed by atoms with Gasteiger partial charge in [0, 0.05) is 31.1 Å². The zero-order valence-corrected chi connectivity index (χ0v) is 6.97. The fourth-order valence-electron chi connectivity index (χ4n) is 1.17. The van der Waals surface area contributed by atoms with Crippen molar-refractivity contribution in [2.24, 2.45) is 20.4 Å². The van der Waals surface area contributed by atoms with Crippen molar-refractivity contribution in [3.05, 3.63) is 11.8 Å². The van der Waals surface area contributed by atoms with Crippen molar-refractivity contribution in [3.8, 4) is 0 Å². The normalized spacial score (nSPS) is 18.6. The lowest BCUT2D eigenvalue weighted by molar-refractivity contribution is 0.188. The summed E-state index contributed by atoms with van der Waals surface area (Å²) in [5.74, 6) is 0. The number of fused-ring (bicyclic) bond motifs is 1. The predicted molar refractivity (Wildman–Crippen MR) is 51.6 cm³/mol. The molecule has 0 atom stereocenters. The molecule has 0 bridgehead atoms. The largest absolute Gasteiger partial charge is 0.390 e. The Morgan fingerprint density at radius 2 is 2.46 bits per heavy atom. The molecule has 2 aliphatic heterocycles. The van der Waals surface area contributed by atoms with Crippen molar-refractivity contribution in [2.45, 2.75) is 6.42 Å². The van der Waals surface area contributed by atoms with E-state index < -0.39 is 0 Å². The van der Waals surface area contributed by atoms with Crippen molar-refractivity contribution in [1.82, 2.24) is 0 Å². The molecule has 0 aromatic rings. The Bertz CT molecular complexity index is 351. The summed E-state index contributed by atoms with van der Waals surface area (Å²) in [4.78, 5) is 8.81. The summed E-state index contributed by atoms with van der Waals surface area (Å²) in [5, 5.41) is 11.2. The van der Waals surface area contributed by atoms with Crippen LogP contribution in [0.3, 0.4) is 0 Å². The zero-order valence-electron chi connectivity index (χ0n) is 6.97. The highest BCUT2D eigenvalue weighted by Crippen LogP contribution is 2.15. The molecule has 0 fully saturated rings. The molecule has 13 heavy (non-hydrogen) atoms. The summed E-state index contributed by atoms with van der Waals surface area (Å²) in [6, 6.07) is 0. The lowest BCUT2D eigenvalue weighted by Crippen LogP contribution is -2.14. The minimum atomic E-state index is 0.303. The second kappa shape index (κ2) is 3.30. The molecule has 5 nitrogen and oxygen atoms in total. The van der Waals surface area contributed by atoms with Gasteiger partial charge in [-0.05, 0) is 0 Å². The van der Waals surface area contributed by atoms with Crippen LogP contribution < -0.4 is 0 Å². The van der Waals surface area contributed by atoms with E-state index in [2.05, 4.69) is 27.1 Å². The minimum Gasteiger partial charge on any atom is -0.390 e. The summed E-state index contributed by atoms with van der Waals surface area (Å²) in [5.41, 5.74) is 2.66. The monoisotopic (exact) mass is 176 g/mol. The maximum atomic E-state index is 4.78. The van der Waals surface area contributed by atoms with Crippen LogP contribution in [-0.4, -0.2) is 31.0 Å². The van der Waals surface area contributed by atoms with Gasteiger partial charge < -0.3 is 4.84 Å². The lowest BCUT2D eigenvalue weighted by atomic mass is 10.0. The molecule has 2 aliphatic rings. The Morgan fingerprint density at radius 1 is 1.54 bits per heavy atom. The zero-order chi connectivity index (χ0) is 9.10. The van der Waals surface area contributed by atoms with Crippen LogP contribution >= 0.6 is 0 Å². The molecule has 5 heteroatoms. The second-order valence-corrected chi connectivity index (χ2v) is 2.57. The fraction of sp³-hybridized carbons (Fsp3) is 0.250. The van der Waals surface area contributed by atoms with Crippen molar-refractivity contribution >= 4 is 24.4 Å². The average Bonchev–Trinajstić information content (AvgIpc) is 2.58. The van der Waals surface area contributed by atoms with Gasteiger partial charge >= 0.3 is 0 Å². The number of hydrogen-bond acceptors (Lipinski definition) is 5. The highest BCUT2D eigenvalue weighted by molar-refractivity contribution is 6.30. The molecule has 2 rings (SSSR count). The van der Waals surface area contributed by atoms with Gasteiger partial charge in [-0.25, -0.2) is 0 Å². The van der Waals surface area contributed by atoms with Gasteiger partial charge in [0.25, 0.3) is 0 Å². The third-order valence-electron chi connectivity index (χ3n) is 1.80. The first-order valence-corrected chi connectivity index (χ1v) is 3.86. The second-order valence-electron chi connectivity index (χ2n) is 2.57. The molecule has 0 aromatic carbocycles. The molecule has 0 amide bonds. The first-order chi connectivity index (χ1) is 6.42. The number of aliphatic imine (C=N–C) groups is 1. The highest BCUT2D eigenvalue weighted by Gasteiger charge is 2.21. The summed E-state index contributed by atoms with van der Waals surface area (Å²) in [6.45, 7) is 3.52. The van der Waals surface area contributed by atoms with Gasteiger partial charge in [-0.15, -0.1) is 5.16 Å². The van der Waals surface area contributed by atoms with Crippen LogP contribution in [-0.2, 0) is 4.84 Å². The van der Waals surface area contributed by atoms with Crippen LogP contribution in [0.2, 0.25) is 0 Å². The number of rotatable bonds is 3.